The fourth-order valence-electron chi connectivity index (χ4n) is 4.88. The first-order valence-electron chi connectivity index (χ1n) is 14.0. The van der Waals surface area contributed by atoms with E-state index in [4.69, 9.17) is 5.11 Å². The molecular weight excluding hydrogens is 402 g/mol. The van der Waals surface area contributed by atoms with E-state index in [1.54, 1.807) is 0 Å². The maximum absolute atomic E-state index is 9.68. The largest absolute Gasteiger partial charge is 0.396 e. The molecule has 0 aliphatic carbocycles. The molecule has 194 valence electrons. The maximum Gasteiger partial charge on any atom is 0.0808 e. The smallest absolute Gasteiger partial charge is 0.0808 e. The second kappa shape index (κ2) is 23.9. The quantitative estimate of drug-likeness (QED) is 0.106. The van der Waals surface area contributed by atoms with E-state index >= 15 is 0 Å². The number of quaternary nitrogens is 1. The first-order chi connectivity index (χ1) is 15.6. The average molecular weight is 461 g/mol. The van der Waals surface area contributed by atoms with Gasteiger partial charge < -0.3 is 24.9 Å². The Kier molecular flexibility index (Phi) is 23.8. The Morgan fingerprint density at radius 1 is 0.500 bits per heavy atom. The zero-order chi connectivity index (χ0) is 23.8. The van der Waals surface area contributed by atoms with Crippen LogP contribution in [0.15, 0.2) is 0 Å². The zero-order valence-corrected chi connectivity index (χ0v) is 21.5. The number of rotatable bonds is 26. The van der Waals surface area contributed by atoms with Crippen LogP contribution in [0.25, 0.3) is 0 Å². The van der Waals surface area contributed by atoms with Gasteiger partial charge in [-0.2, -0.15) is 0 Å². The van der Waals surface area contributed by atoms with Crippen LogP contribution in [-0.2, 0) is 0 Å². The monoisotopic (exact) mass is 460 g/mol. The van der Waals surface area contributed by atoms with Crippen molar-refractivity contribution in [3.63, 3.8) is 0 Å². The summed E-state index contributed by atoms with van der Waals surface area (Å²) in [7, 11) is 0. The molecule has 0 heterocycles. The highest BCUT2D eigenvalue weighted by Crippen LogP contribution is 2.18. The van der Waals surface area contributed by atoms with Crippen molar-refractivity contribution in [1.29, 1.82) is 0 Å². The summed E-state index contributed by atoms with van der Waals surface area (Å²) in [6.45, 7) is 6.43. The summed E-state index contributed by atoms with van der Waals surface area (Å²) >= 11 is 0. The van der Waals surface area contributed by atoms with Gasteiger partial charge in [-0.25, -0.2) is 0 Å². The Morgan fingerprint density at radius 3 is 1.28 bits per heavy atom. The molecule has 0 aliphatic heterocycles. The minimum Gasteiger partial charge on any atom is -0.396 e. The highest BCUT2D eigenvalue weighted by atomic mass is 16.3. The summed E-state index contributed by atoms with van der Waals surface area (Å²) in [5.41, 5.74) is 0. The van der Waals surface area contributed by atoms with Crippen LogP contribution in [0, 0.1) is 0 Å². The van der Waals surface area contributed by atoms with Gasteiger partial charge >= 0.3 is 0 Å². The zero-order valence-electron chi connectivity index (χ0n) is 21.5. The van der Waals surface area contributed by atoms with Gasteiger partial charge in [-0.05, 0) is 25.7 Å². The highest BCUT2D eigenvalue weighted by molar-refractivity contribution is 4.56. The molecule has 32 heavy (non-hydrogen) atoms. The van der Waals surface area contributed by atoms with Crippen LogP contribution in [0.2, 0.25) is 0 Å². The summed E-state index contributed by atoms with van der Waals surface area (Å²) in [4.78, 5) is 0. The van der Waals surface area contributed by atoms with E-state index < -0.39 is 6.10 Å². The summed E-state index contributed by atoms with van der Waals surface area (Å²) in [5, 5.41) is 37.5. The maximum atomic E-state index is 9.68. The number of aliphatic hydroxyl groups excluding tert-OH is 4. The van der Waals surface area contributed by atoms with Gasteiger partial charge in [0.2, 0.25) is 0 Å². The second-order valence-electron chi connectivity index (χ2n) is 9.97. The van der Waals surface area contributed by atoms with Crippen LogP contribution in [0.5, 0.6) is 0 Å². The Morgan fingerprint density at radius 2 is 0.875 bits per heavy atom. The van der Waals surface area contributed by atoms with Crippen molar-refractivity contribution in [2.45, 2.75) is 129 Å². The van der Waals surface area contributed by atoms with E-state index in [2.05, 4.69) is 6.92 Å². The van der Waals surface area contributed by atoms with Crippen molar-refractivity contribution < 1.29 is 24.9 Å². The van der Waals surface area contributed by atoms with E-state index in [-0.39, 0.29) is 19.8 Å². The minimum atomic E-state index is -0.631. The van der Waals surface area contributed by atoms with Crippen molar-refractivity contribution in [2.24, 2.45) is 0 Å². The molecule has 1 unspecified atom stereocenters. The van der Waals surface area contributed by atoms with Gasteiger partial charge in [0.25, 0.3) is 0 Å². The van der Waals surface area contributed by atoms with Gasteiger partial charge in [-0.1, -0.05) is 84.0 Å². The predicted octanol–water partition coefficient (Wildman–Crippen LogP) is 5.18. The molecule has 0 aromatic carbocycles. The van der Waals surface area contributed by atoms with Crippen LogP contribution in [0.4, 0.5) is 0 Å². The third-order valence-corrected chi connectivity index (χ3v) is 6.95. The van der Waals surface area contributed by atoms with Crippen molar-refractivity contribution >= 4 is 0 Å². The Hall–Kier alpha value is -0.200. The fourth-order valence-corrected chi connectivity index (χ4v) is 4.88. The van der Waals surface area contributed by atoms with Gasteiger partial charge in [0.15, 0.2) is 0 Å². The van der Waals surface area contributed by atoms with Crippen LogP contribution in [-0.4, -0.2) is 77.0 Å². The molecule has 0 aromatic heterocycles. The number of nitrogens with zero attached hydrogens (tertiary/aromatic N) is 1. The lowest BCUT2D eigenvalue weighted by atomic mass is 10.0. The Labute approximate surface area is 199 Å². The van der Waals surface area contributed by atoms with E-state index in [1.807, 2.05) is 0 Å². The molecule has 0 fully saturated rings. The lowest BCUT2D eigenvalue weighted by Crippen LogP contribution is -2.51. The number of hydrogen-bond donors (Lipinski definition) is 4. The van der Waals surface area contributed by atoms with Gasteiger partial charge in [-0.15, -0.1) is 0 Å². The molecule has 0 radical (unpaired) electrons. The van der Waals surface area contributed by atoms with Crippen LogP contribution < -0.4 is 0 Å². The topological polar surface area (TPSA) is 80.9 Å². The fraction of sp³-hybridized carbons (Fsp3) is 1.00. The summed E-state index contributed by atoms with van der Waals surface area (Å²) in [6.07, 6.45) is 21.5. The van der Waals surface area contributed by atoms with Crippen molar-refractivity contribution in [3.8, 4) is 0 Å². The molecule has 0 saturated heterocycles. The summed E-state index contributed by atoms with van der Waals surface area (Å²) in [5.74, 6) is 0. The third kappa shape index (κ3) is 19.3. The lowest BCUT2D eigenvalue weighted by molar-refractivity contribution is -0.929. The first kappa shape index (κ1) is 31.8. The Balaban J connectivity index is 4.02. The SMILES string of the molecule is CCCCCCCCCCCCCCCC[N+](CCCO)(CCCO)CCCC(O)CO. The molecule has 5 heteroatoms. The second-order valence-corrected chi connectivity index (χ2v) is 9.97. The predicted molar refractivity (Wildman–Crippen MR) is 136 cm³/mol. The molecule has 0 aromatic rings. The van der Waals surface area contributed by atoms with E-state index in [0.29, 0.717) is 6.42 Å². The van der Waals surface area contributed by atoms with E-state index in [1.165, 1.54) is 89.9 Å². The van der Waals surface area contributed by atoms with Gasteiger partial charge in [0, 0.05) is 26.1 Å². The standard InChI is InChI=1S/C27H58NO4/c1-2-3-4-5-6-7-8-9-10-11-12-13-14-15-20-28(22-17-24-29,23-18-25-30)21-16-19-27(32)26-31/h27,29-32H,2-26H2,1H3/q+1. The normalized spacial score (nSPS) is 13.0. The van der Waals surface area contributed by atoms with E-state index in [0.717, 1.165) is 49.9 Å². The van der Waals surface area contributed by atoms with Gasteiger partial charge in [-0.3, -0.25) is 0 Å². The molecule has 4 N–H and O–H groups in total. The molecule has 0 spiro atoms. The summed E-state index contributed by atoms with van der Waals surface area (Å²) < 4.78 is 0.928. The third-order valence-electron chi connectivity index (χ3n) is 6.95. The molecule has 0 amide bonds. The average Bonchev–Trinajstić information content (AvgIpc) is 2.81. The van der Waals surface area contributed by atoms with Crippen LogP contribution in [0.1, 0.15) is 122 Å². The molecule has 0 rings (SSSR count). The molecular formula is C27H58NO4+. The molecule has 0 bridgehead atoms. The minimum absolute atomic E-state index is 0.174. The number of unbranched alkanes of at least 4 members (excludes halogenated alkanes) is 13. The van der Waals surface area contributed by atoms with Crippen molar-refractivity contribution in [1.82, 2.24) is 0 Å². The van der Waals surface area contributed by atoms with Crippen LogP contribution >= 0.6 is 0 Å². The van der Waals surface area contributed by atoms with Gasteiger partial charge in [0.05, 0.1) is 38.9 Å². The number of hydrogen-bond acceptors (Lipinski definition) is 4. The van der Waals surface area contributed by atoms with Crippen molar-refractivity contribution in [3.05, 3.63) is 0 Å². The van der Waals surface area contributed by atoms with Crippen LogP contribution in [0.3, 0.4) is 0 Å². The van der Waals surface area contributed by atoms with Crippen molar-refractivity contribution in [2.75, 3.05) is 46.0 Å². The molecule has 5 nitrogen and oxygen atoms in total. The molecule has 0 saturated carbocycles. The molecule has 0 aliphatic rings. The Bertz CT molecular complexity index is 360. The number of aliphatic hydroxyl groups is 4. The highest BCUT2D eigenvalue weighted by Gasteiger charge is 2.26. The molecule has 1 atom stereocenters. The first-order valence-corrected chi connectivity index (χ1v) is 14.0. The van der Waals surface area contributed by atoms with Gasteiger partial charge in [0.1, 0.15) is 0 Å². The lowest BCUT2D eigenvalue weighted by Gasteiger charge is -2.39. The summed E-state index contributed by atoms with van der Waals surface area (Å²) in [6, 6.07) is 0. The van der Waals surface area contributed by atoms with E-state index in [9.17, 15) is 15.3 Å².